The van der Waals surface area contributed by atoms with Crippen molar-refractivity contribution in [3.8, 4) is 0 Å². The summed E-state index contributed by atoms with van der Waals surface area (Å²) in [6.45, 7) is 1.98. The molecule has 0 spiro atoms. The normalized spacial score (nSPS) is 22.6. The number of thiocarbonyl (C=S) groups is 1. The molecule has 0 aromatic heterocycles. The summed E-state index contributed by atoms with van der Waals surface area (Å²) in [4.78, 5) is 14.2. The van der Waals surface area contributed by atoms with Gasteiger partial charge in [0.1, 0.15) is 0 Å². The van der Waals surface area contributed by atoms with Crippen molar-refractivity contribution in [1.29, 1.82) is 0 Å². The molecule has 1 fully saturated rings. The van der Waals surface area contributed by atoms with Crippen molar-refractivity contribution in [2.45, 2.75) is 6.42 Å². The smallest absolute Gasteiger partial charge is 0.241 e. The number of allylic oxidation sites excluding steroid dienone is 4. The molecule has 1 aliphatic carbocycles. The molecule has 1 aliphatic heterocycles. The molecule has 0 atom stereocenters. The van der Waals surface area contributed by atoms with Gasteiger partial charge in [-0.25, -0.2) is 0 Å². The minimum absolute atomic E-state index is 0.111. The molecule has 2 rings (SSSR count). The predicted molar refractivity (Wildman–Crippen MR) is 59.0 cm³/mol. The lowest BCUT2D eigenvalue weighted by molar-refractivity contribution is -0.129. The van der Waals surface area contributed by atoms with Gasteiger partial charge in [0.25, 0.3) is 0 Å². The van der Waals surface area contributed by atoms with Gasteiger partial charge in [0.2, 0.25) is 5.91 Å². The number of rotatable bonds is 1. The maximum absolute atomic E-state index is 11.6. The summed E-state index contributed by atoms with van der Waals surface area (Å²) in [7, 11) is 0. The maximum atomic E-state index is 11.6. The summed E-state index contributed by atoms with van der Waals surface area (Å²) < 4.78 is 0. The Balaban J connectivity index is 2.20. The van der Waals surface area contributed by atoms with E-state index in [4.69, 9.17) is 12.2 Å². The van der Waals surface area contributed by atoms with Crippen LogP contribution in [0.1, 0.15) is 6.42 Å². The van der Waals surface area contributed by atoms with Crippen LogP contribution in [0.15, 0.2) is 23.9 Å². The standard InChI is InChI=1S/C10H12N2OS/c13-10-7-11-5-6-12(10)8-3-1-2-4-9(8)14/h1-3,11H,4-7H2. The van der Waals surface area contributed by atoms with Crippen molar-refractivity contribution >= 4 is 23.0 Å². The van der Waals surface area contributed by atoms with Crippen LogP contribution in [0.25, 0.3) is 0 Å². The van der Waals surface area contributed by atoms with Crippen LogP contribution >= 0.6 is 12.2 Å². The van der Waals surface area contributed by atoms with Crippen molar-refractivity contribution in [3.05, 3.63) is 23.9 Å². The second-order valence-electron chi connectivity index (χ2n) is 3.33. The van der Waals surface area contributed by atoms with E-state index in [1.807, 2.05) is 18.2 Å². The van der Waals surface area contributed by atoms with E-state index >= 15 is 0 Å². The molecule has 1 heterocycles. The van der Waals surface area contributed by atoms with Crippen molar-refractivity contribution in [3.63, 3.8) is 0 Å². The molecule has 4 heteroatoms. The number of amides is 1. The Morgan fingerprint density at radius 3 is 3.07 bits per heavy atom. The van der Waals surface area contributed by atoms with E-state index in [0.717, 1.165) is 30.1 Å². The molecule has 0 bridgehead atoms. The van der Waals surface area contributed by atoms with Gasteiger partial charge in [-0.3, -0.25) is 4.79 Å². The molecular formula is C10H12N2OS. The van der Waals surface area contributed by atoms with Crippen LogP contribution in [0.3, 0.4) is 0 Å². The summed E-state index contributed by atoms with van der Waals surface area (Å²) in [5.74, 6) is 0.111. The molecule has 3 nitrogen and oxygen atoms in total. The maximum Gasteiger partial charge on any atom is 0.241 e. The number of carbonyl (C=O) groups is 1. The second kappa shape index (κ2) is 4.02. The number of piperazine rings is 1. The van der Waals surface area contributed by atoms with E-state index < -0.39 is 0 Å². The molecule has 0 aromatic carbocycles. The first-order valence-corrected chi connectivity index (χ1v) is 5.11. The Kier molecular flexibility index (Phi) is 2.74. The number of hydrogen-bond donors (Lipinski definition) is 1. The summed E-state index contributed by atoms with van der Waals surface area (Å²) in [5.41, 5.74) is 0.911. The van der Waals surface area contributed by atoms with E-state index in [2.05, 4.69) is 5.32 Å². The molecule has 0 aromatic rings. The van der Waals surface area contributed by atoms with Gasteiger partial charge in [-0.2, -0.15) is 0 Å². The van der Waals surface area contributed by atoms with Crippen molar-refractivity contribution < 1.29 is 4.79 Å². The Morgan fingerprint density at radius 2 is 2.36 bits per heavy atom. The highest BCUT2D eigenvalue weighted by Crippen LogP contribution is 2.15. The van der Waals surface area contributed by atoms with Crippen LogP contribution in [0.5, 0.6) is 0 Å². The molecule has 14 heavy (non-hydrogen) atoms. The average molecular weight is 208 g/mol. The average Bonchev–Trinajstić information content (AvgIpc) is 2.20. The largest absolute Gasteiger partial charge is 0.309 e. The Labute approximate surface area is 88.5 Å². The first kappa shape index (κ1) is 9.55. The highest BCUT2D eigenvalue weighted by atomic mass is 32.1. The van der Waals surface area contributed by atoms with E-state index in [0.29, 0.717) is 6.54 Å². The SMILES string of the molecule is O=C1CNCCN1C1=CC=CCC1=S. The van der Waals surface area contributed by atoms with Gasteiger partial charge in [-0.1, -0.05) is 24.4 Å². The molecule has 1 amide bonds. The van der Waals surface area contributed by atoms with E-state index in [1.54, 1.807) is 4.90 Å². The van der Waals surface area contributed by atoms with Gasteiger partial charge in [-0.05, 0) is 6.08 Å². The van der Waals surface area contributed by atoms with Gasteiger partial charge in [0.05, 0.1) is 12.2 Å². The van der Waals surface area contributed by atoms with E-state index in [9.17, 15) is 4.79 Å². The number of nitrogens with one attached hydrogen (secondary N) is 1. The van der Waals surface area contributed by atoms with Crippen LogP contribution in [0, 0.1) is 0 Å². The summed E-state index contributed by atoms with van der Waals surface area (Å²) in [5, 5.41) is 3.04. The molecule has 0 radical (unpaired) electrons. The molecule has 74 valence electrons. The third-order valence-corrected chi connectivity index (χ3v) is 2.74. The first-order valence-electron chi connectivity index (χ1n) is 4.70. The highest BCUT2D eigenvalue weighted by Gasteiger charge is 2.23. The fourth-order valence-corrected chi connectivity index (χ4v) is 1.91. The predicted octanol–water partition coefficient (Wildman–Crippen LogP) is 0.632. The summed E-state index contributed by atoms with van der Waals surface area (Å²) in [6, 6.07) is 0. The summed E-state index contributed by atoms with van der Waals surface area (Å²) in [6.07, 6.45) is 6.67. The van der Waals surface area contributed by atoms with E-state index in [-0.39, 0.29) is 5.91 Å². The molecule has 0 saturated carbocycles. The topological polar surface area (TPSA) is 32.3 Å². The Morgan fingerprint density at radius 1 is 1.50 bits per heavy atom. The van der Waals surface area contributed by atoms with Crippen LogP contribution in [-0.4, -0.2) is 35.3 Å². The zero-order valence-electron chi connectivity index (χ0n) is 7.82. The lowest BCUT2D eigenvalue weighted by Crippen LogP contribution is -2.48. The lowest BCUT2D eigenvalue weighted by Gasteiger charge is -2.30. The first-order chi connectivity index (χ1) is 6.79. The second-order valence-corrected chi connectivity index (χ2v) is 3.82. The quantitative estimate of drug-likeness (QED) is 0.642. The van der Waals surface area contributed by atoms with Crippen molar-refractivity contribution in [1.82, 2.24) is 10.2 Å². The third-order valence-electron chi connectivity index (χ3n) is 2.36. The third kappa shape index (κ3) is 1.76. The highest BCUT2D eigenvalue weighted by molar-refractivity contribution is 7.80. The van der Waals surface area contributed by atoms with Gasteiger partial charge in [-0.15, -0.1) is 0 Å². The molecular weight excluding hydrogens is 196 g/mol. The zero-order valence-corrected chi connectivity index (χ0v) is 8.64. The lowest BCUT2D eigenvalue weighted by atomic mass is 10.1. The molecule has 1 saturated heterocycles. The van der Waals surface area contributed by atoms with Gasteiger partial charge in [0, 0.05) is 24.4 Å². The van der Waals surface area contributed by atoms with Crippen LogP contribution in [0.4, 0.5) is 0 Å². The van der Waals surface area contributed by atoms with Crippen LogP contribution in [0.2, 0.25) is 0 Å². The monoisotopic (exact) mass is 208 g/mol. The zero-order chi connectivity index (χ0) is 9.97. The van der Waals surface area contributed by atoms with Crippen LogP contribution in [-0.2, 0) is 4.79 Å². The number of hydrogen-bond acceptors (Lipinski definition) is 3. The fourth-order valence-electron chi connectivity index (χ4n) is 1.63. The van der Waals surface area contributed by atoms with E-state index in [1.165, 1.54) is 0 Å². The Bertz CT molecular complexity index is 333. The Hall–Kier alpha value is -1.00. The number of carbonyl (C=O) groups excluding carboxylic acids is 1. The van der Waals surface area contributed by atoms with Gasteiger partial charge < -0.3 is 10.2 Å². The van der Waals surface area contributed by atoms with Crippen molar-refractivity contribution in [2.24, 2.45) is 0 Å². The fraction of sp³-hybridized carbons (Fsp3) is 0.400. The molecule has 2 aliphatic rings. The number of nitrogens with zero attached hydrogens (tertiary/aromatic N) is 1. The molecule has 0 unspecified atom stereocenters. The molecule has 1 N–H and O–H groups in total. The minimum Gasteiger partial charge on any atom is -0.309 e. The minimum atomic E-state index is 0.111. The van der Waals surface area contributed by atoms with Gasteiger partial charge >= 0.3 is 0 Å². The van der Waals surface area contributed by atoms with Crippen molar-refractivity contribution in [2.75, 3.05) is 19.6 Å². The summed E-state index contributed by atoms with van der Waals surface area (Å²) >= 11 is 5.23. The van der Waals surface area contributed by atoms with Gasteiger partial charge in [0.15, 0.2) is 0 Å². The van der Waals surface area contributed by atoms with Crippen LogP contribution < -0.4 is 5.32 Å².